The molecule has 0 spiro atoms. The monoisotopic (exact) mass is 118 g/mol. The lowest BCUT2D eigenvalue weighted by Crippen LogP contribution is -2.22. The van der Waals surface area contributed by atoms with Crippen LogP contribution in [-0.4, -0.2) is 25.8 Å². The van der Waals surface area contributed by atoms with Crippen LogP contribution in [0.1, 0.15) is 0 Å². The number of hydrogen-bond donors (Lipinski definition) is 2. The van der Waals surface area contributed by atoms with E-state index in [0.717, 1.165) is 6.54 Å². The number of rotatable bonds is 1. The highest BCUT2D eigenvalue weighted by molar-refractivity contribution is 4.80. The first-order valence-electron chi connectivity index (χ1n) is 2.89. The second-order valence-electron chi connectivity index (χ2n) is 2.17. The van der Waals surface area contributed by atoms with E-state index in [2.05, 4.69) is 5.32 Å². The predicted octanol–water partition coefficient (Wildman–Crippen LogP) is -0.497. The number of nitrogens with two attached hydrogens (primary N) is 1. The van der Waals surface area contributed by atoms with Crippen LogP contribution in [-0.2, 0) is 0 Å². The summed E-state index contributed by atoms with van der Waals surface area (Å²) in [6.07, 6.45) is -0.708. The van der Waals surface area contributed by atoms with Gasteiger partial charge in [0, 0.05) is 19.0 Å². The van der Waals surface area contributed by atoms with Gasteiger partial charge in [0.2, 0.25) is 0 Å². The summed E-state index contributed by atoms with van der Waals surface area (Å²) < 4.78 is 12.4. The first kappa shape index (κ1) is 5.98. The van der Waals surface area contributed by atoms with E-state index in [1.165, 1.54) is 0 Å². The minimum atomic E-state index is -0.708. The van der Waals surface area contributed by atoms with E-state index in [0.29, 0.717) is 13.1 Å². The van der Waals surface area contributed by atoms with Crippen molar-refractivity contribution in [2.24, 2.45) is 11.7 Å². The third-order valence-corrected chi connectivity index (χ3v) is 1.56. The van der Waals surface area contributed by atoms with Gasteiger partial charge in [0.05, 0.1) is 0 Å². The first-order chi connectivity index (χ1) is 3.84. The van der Waals surface area contributed by atoms with Gasteiger partial charge in [0.1, 0.15) is 6.17 Å². The summed E-state index contributed by atoms with van der Waals surface area (Å²) in [6, 6.07) is 0. The molecule has 1 saturated heterocycles. The van der Waals surface area contributed by atoms with Gasteiger partial charge in [-0.05, 0) is 6.54 Å². The summed E-state index contributed by atoms with van der Waals surface area (Å²) in [6.45, 7) is 1.70. The lowest BCUT2D eigenvalue weighted by Gasteiger charge is -2.05. The van der Waals surface area contributed by atoms with Gasteiger partial charge in [-0.2, -0.15) is 0 Å². The molecular weight excluding hydrogens is 107 g/mol. The van der Waals surface area contributed by atoms with Crippen molar-refractivity contribution in [1.82, 2.24) is 5.32 Å². The fourth-order valence-electron chi connectivity index (χ4n) is 0.932. The van der Waals surface area contributed by atoms with Crippen LogP contribution in [0.25, 0.3) is 0 Å². The van der Waals surface area contributed by atoms with E-state index in [1.54, 1.807) is 0 Å². The van der Waals surface area contributed by atoms with Crippen LogP contribution >= 0.6 is 0 Å². The van der Waals surface area contributed by atoms with E-state index in [-0.39, 0.29) is 5.92 Å². The molecule has 0 radical (unpaired) electrons. The molecule has 3 N–H and O–H groups in total. The molecule has 48 valence electrons. The SMILES string of the molecule is NC[C@@H]1CNC[C@H]1F. The van der Waals surface area contributed by atoms with Gasteiger partial charge in [-0.25, -0.2) is 4.39 Å². The average molecular weight is 118 g/mol. The second-order valence-corrected chi connectivity index (χ2v) is 2.17. The van der Waals surface area contributed by atoms with Gasteiger partial charge < -0.3 is 11.1 Å². The fourth-order valence-corrected chi connectivity index (χ4v) is 0.932. The minimum absolute atomic E-state index is 0.0648. The van der Waals surface area contributed by atoms with Gasteiger partial charge in [0.15, 0.2) is 0 Å². The lowest BCUT2D eigenvalue weighted by atomic mass is 10.1. The quantitative estimate of drug-likeness (QED) is 0.487. The molecule has 0 aromatic carbocycles. The van der Waals surface area contributed by atoms with Crippen molar-refractivity contribution in [3.8, 4) is 0 Å². The van der Waals surface area contributed by atoms with Gasteiger partial charge in [-0.15, -0.1) is 0 Å². The molecule has 0 aromatic heterocycles. The van der Waals surface area contributed by atoms with Crippen LogP contribution < -0.4 is 11.1 Å². The zero-order chi connectivity index (χ0) is 5.98. The Hall–Kier alpha value is -0.150. The zero-order valence-electron chi connectivity index (χ0n) is 4.73. The van der Waals surface area contributed by atoms with Gasteiger partial charge in [-0.3, -0.25) is 0 Å². The van der Waals surface area contributed by atoms with E-state index in [1.807, 2.05) is 0 Å². The van der Waals surface area contributed by atoms with Crippen molar-refractivity contribution in [3.63, 3.8) is 0 Å². The van der Waals surface area contributed by atoms with E-state index >= 15 is 0 Å². The number of nitrogens with one attached hydrogen (secondary N) is 1. The first-order valence-corrected chi connectivity index (χ1v) is 2.89. The second kappa shape index (κ2) is 2.42. The molecule has 1 fully saturated rings. The minimum Gasteiger partial charge on any atom is -0.330 e. The largest absolute Gasteiger partial charge is 0.330 e. The Bertz CT molecular complexity index is 76.8. The van der Waals surface area contributed by atoms with Crippen LogP contribution in [0.15, 0.2) is 0 Å². The highest BCUT2D eigenvalue weighted by Gasteiger charge is 2.24. The molecule has 1 aliphatic rings. The van der Waals surface area contributed by atoms with Gasteiger partial charge in [0.25, 0.3) is 0 Å². The summed E-state index contributed by atoms with van der Waals surface area (Å²) in [4.78, 5) is 0. The molecule has 0 aromatic rings. The Labute approximate surface area is 48.2 Å². The topological polar surface area (TPSA) is 38.0 Å². The maximum atomic E-state index is 12.4. The molecule has 8 heavy (non-hydrogen) atoms. The number of hydrogen-bond acceptors (Lipinski definition) is 2. The van der Waals surface area contributed by atoms with Gasteiger partial charge >= 0.3 is 0 Å². The van der Waals surface area contributed by atoms with Crippen molar-refractivity contribution in [2.75, 3.05) is 19.6 Å². The van der Waals surface area contributed by atoms with Crippen LogP contribution in [0, 0.1) is 5.92 Å². The van der Waals surface area contributed by atoms with Crippen LogP contribution in [0.3, 0.4) is 0 Å². The zero-order valence-corrected chi connectivity index (χ0v) is 4.73. The molecular formula is C5H11FN2. The Morgan fingerprint density at radius 1 is 1.62 bits per heavy atom. The fraction of sp³-hybridized carbons (Fsp3) is 1.00. The van der Waals surface area contributed by atoms with Crippen molar-refractivity contribution >= 4 is 0 Å². The van der Waals surface area contributed by atoms with E-state index < -0.39 is 6.17 Å². The van der Waals surface area contributed by atoms with Crippen molar-refractivity contribution in [1.29, 1.82) is 0 Å². The average Bonchev–Trinajstić information content (AvgIpc) is 2.14. The predicted molar refractivity (Wildman–Crippen MR) is 30.3 cm³/mol. The van der Waals surface area contributed by atoms with E-state index in [4.69, 9.17) is 5.73 Å². The van der Waals surface area contributed by atoms with Crippen LogP contribution in [0.4, 0.5) is 4.39 Å². The highest BCUT2D eigenvalue weighted by Crippen LogP contribution is 2.09. The van der Waals surface area contributed by atoms with Crippen molar-refractivity contribution in [2.45, 2.75) is 6.17 Å². The molecule has 0 aliphatic carbocycles. The summed E-state index contributed by atoms with van der Waals surface area (Å²) in [5.41, 5.74) is 5.24. The van der Waals surface area contributed by atoms with Crippen LogP contribution in [0.5, 0.6) is 0 Å². The Balaban J connectivity index is 2.30. The van der Waals surface area contributed by atoms with Crippen LogP contribution in [0.2, 0.25) is 0 Å². The third kappa shape index (κ3) is 0.980. The lowest BCUT2D eigenvalue weighted by molar-refractivity contribution is 0.288. The molecule has 0 saturated carbocycles. The third-order valence-electron chi connectivity index (χ3n) is 1.56. The standard InChI is InChI=1S/C5H11FN2/c6-5-3-8-2-4(5)1-7/h4-5,8H,1-3,7H2/t4-,5-/m1/s1. The number of halogens is 1. The normalized spacial score (nSPS) is 38.2. The summed E-state index contributed by atoms with van der Waals surface area (Å²) in [5.74, 6) is 0.0648. The molecule has 2 atom stereocenters. The summed E-state index contributed by atoms with van der Waals surface area (Å²) in [7, 11) is 0. The van der Waals surface area contributed by atoms with E-state index in [9.17, 15) is 4.39 Å². The molecule has 0 unspecified atom stereocenters. The summed E-state index contributed by atoms with van der Waals surface area (Å²) >= 11 is 0. The Morgan fingerprint density at radius 2 is 2.38 bits per heavy atom. The Morgan fingerprint density at radius 3 is 2.62 bits per heavy atom. The maximum absolute atomic E-state index is 12.4. The summed E-state index contributed by atoms with van der Waals surface area (Å²) in [5, 5.41) is 2.92. The molecule has 0 bridgehead atoms. The molecule has 0 amide bonds. The molecule has 1 heterocycles. The van der Waals surface area contributed by atoms with Gasteiger partial charge in [-0.1, -0.05) is 0 Å². The number of alkyl halides is 1. The molecule has 1 aliphatic heterocycles. The Kier molecular flexibility index (Phi) is 1.81. The molecule has 2 nitrogen and oxygen atoms in total. The smallest absolute Gasteiger partial charge is 0.118 e. The molecule has 3 heteroatoms. The van der Waals surface area contributed by atoms with Crippen molar-refractivity contribution in [3.05, 3.63) is 0 Å². The highest BCUT2D eigenvalue weighted by atomic mass is 19.1. The van der Waals surface area contributed by atoms with Crippen molar-refractivity contribution < 1.29 is 4.39 Å². The molecule has 1 rings (SSSR count). The maximum Gasteiger partial charge on any atom is 0.118 e.